The van der Waals surface area contributed by atoms with Crippen LogP contribution >= 0.6 is 0 Å². The average molecular weight is 304 g/mol. The van der Waals surface area contributed by atoms with Crippen LogP contribution in [0.5, 0.6) is 0 Å². The van der Waals surface area contributed by atoms with Gasteiger partial charge in [0.05, 0.1) is 6.61 Å². The van der Waals surface area contributed by atoms with Gasteiger partial charge in [-0.3, -0.25) is 0 Å². The fourth-order valence-electron chi connectivity index (χ4n) is 2.06. The summed E-state index contributed by atoms with van der Waals surface area (Å²) >= 11 is 0. The van der Waals surface area contributed by atoms with Gasteiger partial charge in [0, 0.05) is 10.1 Å². The molecule has 0 heterocycles. The standard InChI is InChI=1S/C16H32O5/c1-4-17-19-21-20-18-15-13-11-9-7-5-6-8-10-12-14-16(2)3/h4,16H,1,5-15H2,2-3H3. The van der Waals surface area contributed by atoms with Gasteiger partial charge in [-0.05, 0) is 17.4 Å². The lowest BCUT2D eigenvalue weighted by atomic mass is 10.0. The first-order valence-corrected chi connectivity index (χ1v) is 8.16. The first-order chi connectivity index (χ1) is 10.3. The Morgan fingerprint density at radius 2 is 1.33 bits per heavy atom. The van der Waals surface area contributed by atoms with Gasteiger partial charge in [0.1, 0.15) is 6.26 Å². The molecule has 0 aromatic carbocycles. The molecule has 0 N–H and O–H groups in total. The van der Waals surface area contributed by atoms with Crippen LogP contribution in [0.3, 0.4) is 0 Å². The van der Waals surface area contributed by atoms with Gasteiger partial charge in [-0.1, -0.05) is 78.2 Å². The lowest BCUT2D eigenvalue weighted by molar-refractivity contribution is -0.700. The van der Waals surface area contributed by atoms with Crippen molar-refractivity contribution < 1.29 is 24.9 Å². The quantitative estimate of drug-likeness (QED) is 0.155. The van der Waals surface area contributed by atoms with E-state index in [1.165, 1.54) is 51.4 Å². The zero-order valence-corrected chi connectivity index (χ0v) is 13.7. The van der Waals surface area contributed by atoms with Crippen molar-refractivity contribution in [2.24, 2.45) is 5.92 Å². The minimum absolute atomic E-state index is 0.479. The molecule has 0 rings (SSSR count). The van der Waals surface area contributed by atoms with Crippen LogP contribution in [0.1, 0.15) is 78.1 Å². The summed E-state index contributed by atoms with van der Waals surface area (Å²) < 4.78 is 0. The Bertz CT molecular complexity index is 209. The summed E-state index contributed by atoms with van der Waals surface area (Å²) in [6, 6.07) is 0. The molecule has 0 saturated carbocycles. The summed E-state index contributed by atoms with van der Waals surface area (Å²) in [4.78, 5) is 8.90. The molecule has 0 aromatic rings. The third-order valence-electron chi connectivity index (χ3n) is 3.22. The van der Waals surface area contributed by atoms with Gasteiger partial charge >= 0.3 is 0 Å². The Morgan fingerprint density at radius 3 is 1.90 bits per heavy atom. The van der Waals surface area contributed by atoms with Crippen LogP contribution in [0.25, 0.3) is 0 Å². The number of unbranched alkanes of at least 4 members (excludes halogenated alkanes) is 8. The Morgan fingerprint density at radius 1 is 0.762 bits per heavy atom. The molecule has 0 aliphatic carbocycles. The first-order valence-electron chi connectivity index (χ1n) is 8.16. The van der Waals surface area contributed by atoms with E-state index in [0.29, 0.717) is 6.61 Å². The molecule has 126 valence electrons. The lowest BCUT2D eigenvalue weighted by Crippen LogP contribution is -1.99. The predicted octanol–water partition coefficient (Wildman–Crippen LogP) is 5.43. The molecule has 5 heteroatoms. The Labute approximate surface area is 129 Å². The highest BCUT2D eigenvalue weighted by Crippen LogP contribution is 2.13. The van der Waals surface area contributed by atoms with Gasteiger partial charge in [0.25, 0.3) is 0 Å². The van der Waals surface area contributed by atoms with E-state index in [-0.39, 0.29) is 0 Å². The van der Waals surface area contributed by atoms with Crippen LogP contribution in [0, 0.1) is 5.92 Å². The zero-order valence-electron chi connectivity index (χ0n) is 13.7. The van der Waals surface area contributed by atoms with E-state index in [4.69, 9.17) is 4.89 Å². The second-order valence-electron chi connectivity index (χ2n) is 5.65. The maximum atomic E-state index is 4.71. The van der Waals surface area contributed by atoms with Gasteiger partial charge < -0.3 is 4.89 Å². The van der Waals surface area contributed by atoms with Gasteiger partial charge in [0.15, 0.2) is 0 Å². The number of hydrogen-bond acceptors (Lipinski definition) is 5. The van der Waals surface area contributed by atoms with Crippen molar-refractivity contribution in [1.82, 2.24) is 0 Å². The summed E-state index contributed by atoms with van der Waals surface area (Å²) in [6.45, 7) is 8.32. The van der Waals surface area contributed by atoms with Gasteiger partial charge in [-0.15, -0.1) is 0 Å². The summed E-state index contributed by atoms with van der Waals surface area (Å²) in [5.74, 6) is 0.850. The Kier molecular flexibility index (Phi) is 16.9. The SMILES string of the molecule is C=COOOOOCCCCCCCCCCCC(C)C. The number of hydrogen-bond donors (Lipinski definition) is 0. The monoisotopic (exact) mass is 304 g/mol. The molecule has 0 bridgehead atoms. The van der Waals surface area contributed by atoms with Crippen molar-refractivity contribution in [2.45, 2.75) is 78.1 Å². The highest BCUT2D eigenvalue weighted by molar-refractivity contribution is 4.49. The van der Waals surface area contributed by atoms with Crippen molar-refractivity contribution in [1.29, 1.82) is 0 Å². The summed E-state index contributed by atoms with van der Waals surface area (Å²) in [7, 11) is 0. The largest absolute Gasteiger partial charge is 0.315 e. The molecule has 0 radical (unpaired) electrons. The fourth-order valence-corrected chi connectivity index (χ4v) is 2.06. The van der Waals surface area contributed by atoms with E-state index in [1.54, 1.807) is 0 Å². The molecular formula is C16H32O5. The maximum absolute atomic E-state index is 4.71. The van der Waals surface area contributed by atoms with Gasteiger partial charge in [-0.2, -0.15) is 0 Å². The van der Waals surface area contributed by atoms with E-state index in [1.807, 2.05) is 0 Å². The second-order valence-corrected chi connectivity index (χ2v) is 5.65. The van der Waals surface area contributed by atoms with Crippen LogP contribution in [0.15, 0.2) is 12.8 Å². The normalized spacial score (nSPS) is 11.0. The van der Waals surface area contributed by atoms with Crippen molar-refractivity contribution >= 4 is 0 Å². The van der Waals surface area contributed by atoms with Gasteiger partial charge in [-0.25, -0.2) is 4.89 Å². The molecule has 0 fully saturated rings. The minimum atomic E-state index is 0.479. The van der Waals surface area contributed by atoms with Crippen LogP contribution in [-0.2, 0) is 24.9 Å². The van der Waals surface area contributed by atoms with Crippen molar-refractivity contribution in [2.75, 3.05) is 6.61 Å². The smallest absolute Gasteiger partial charge is 0.125 e. The predicted molar refractivity (Wildman–Crippen MR) is 81.5 cm³/mol. The van der Waals surface area contributed by atoms with Crippen molar-refractivity contribution in [3.8, 4) is 0 Å². The second kappa shape index (κ2) is 17.4. The van der Waals surface area contributed by atoms with Crippen molar-refractivity contribution in [3.05, 3.63) is 12.8 Å². The van der Waals surface area contributed by atoms with Crippen molar-refractivity contribution in [3.63, 3.8) is 0 Å². The molecule has 0 spiro atoms. The van der Waals surface area contributed by atoms with E-state index in [9.17, 15) is 0 Å². The van der Waals surface area contributed by atoms with Gasteiger partial charge in [0.2, 0.25) is 0 Å². The minimum Gasteiger partial charge on any atom is -0.315 e. The molecule has 0 atom stereocenters. The molecule has 0 aromatic heterocycles. The third kappa shape index (κ3) is 19.4. The van der Waals surface area contributed by atoms with E-state index < -0.39 is 0 Å². The molecule has 0 saturated heterocycles. The fraction of sp³-hybridized carbons (Fsp3) is 0.875. The molecule has 5 nitrogen and oxygen atoms in total. The van der Waals surface area contributed by atoms with E-state index >= 15 is 0 Å². The summed E-state index contributed by atoms with van der Waals surface area (Å²) in [5.41, 5.74) is 0. The number of rotatable bonds is 17. The van der Waals surface area contributed by atoms with Crippen LogP contribution in [0.4, 0.5) is 0 Å². The highest BCUT2D eigenvalue weighted by atomic mass is 17.8. The maximum Gasteiger partial charge on any atom is 0.125 e. The molecule has 0 aliphatic rings. The summed E-state index contributed by atoms with van der Waals surface area (Å²) in [5, 5.41) is 12.3. The molecule has 0 aliphatic heterocycles. The average Bonchev–Trinajstić information content (AvgIpc) is 2.46. The van der Waals surface area contributed by atoms with Crippen LogP contribution in [-0.4, -0.2) is 6.61 Å². The van der Waals surface area contributed by atoms with E-state index in [0.717, 1.165) is 25.0 Å². The third-order valence-corrected chi connectivity index (χ3v) is 3.22. The zero-order chi connectivity index (χ0) is 15.6. The Hall–Kier alpha value is -0.620. The van der Waals surface area contributed by atoms with Crippen LogP contribution < -0.4 is 0 Å². The molecule has 0 amide bonds. The summed E-state index contributed by atoms with van der Waals surface area (Å²) in [6.07, 6.45) is 13.9. The topological polar surface area (TPSA) is 46.2 Å². The molecule has 21 heavy (non-hydrogen) atoms. The van der Waals surface area contributed by atoms with Crippen LogP contribution in [0.2, 0.25) is 0 Å². The first kappa shape index (κ1) is 20.4. The Balaban J connectivity index is 2.95. The highest BCUT2D eigenvalue weighted by Gasteiger charge is 1.96. The van der Waals surface area contributed by atoms with E-state index in [2.05, 4.69) is 40.4 Å². The lowest BCUT2D eigenvalue weighted by Gasteiger charge is -2.04. The molecule has 0 unspecified atom stereocenters. The molecular weight excluding hydrogens is 272 g/mol.